The van der Waals surface area contributed by atoms with Crippen molar-refractivity contribution in [2.75, 3.05) is 11.1 Å². The lowest BCUT2D eigenvalue weighted by Crippen LogP contribution is -2.39. The Balaban J connectivity index is 2.22. The number of esters is 1. The molecule has 0 aliphatic rings. The van der Waals surface area contributed by atoms with Gasteiger partial charge in [0.25, 0.3) is 16.0 Å². The summed E-state index contributed by atoms with van der Waals surface area (Å²) in [4.78, 5) is 24.8. The number of rotatable bonds is 6. The van der Waals surface area contributed by atoms with E-state index >= 15 is 0 Å². The molecule has 0 aliphatic carbocycles. The zero-order valence-electron chi connectivity index (χ0n) is 15.8. The Morgan fingerprint density at radius 3 is 2.28 bits per heavy atom. The van der Waals surface area contributed by atoms with Crippen LogP contribution in [0.3, 0.4) is 0 Å². The molecule has 0 saturated heterocycles. The van der Waals surface area contributed by atoms with Crippen LogP contribution in [-0.2, 0) is 14.9 Å². The van der Waals surface area contributed by atoms with Crippen molar-refractivity contribution in [2.45, 2.75) is 19.2 Å². The summed E-state index contributed by atoms with van der Waals surface area (Å²) in [5.74, 6) is -3.65. The highest BCUT2D eigenvalue weighted by Gasteiger charge is 2.45. The normalized spacial score (nSPS) is 12.9. The molecular weight excluding hydrogens is 796 g/mol. The molecule has 0 heterocycles. The number of amides is 1. The molecule has 2 aromatic carbocycles. The maximum atomic E-state index is 13.0. The molecule has 32 heavy (non-hydrogen) atoms. The highest BCUT2D eigenvalue weighted by Crippen LogP contribution is 2.27. The van der Waals surface area contributed by atoms with E-state index in [9.17, 15) is 31.2 Å². The fraction of sp³-hybridized carbons (Fsp3) is 0.222. The SMILES string of the molecule is Cc1cc(NC(=O)c2cc(I)cc(I)c2I)ccc1C(=O)OC(CS(=O)(=O)O)C(F)(F)F. The molecule has 7 nitrogen and oxygen atoms in total. The second-order valence-corrected chi connectivity index (χ2v) is 11.4. The van der Waals surface area contributed by atoms with Crippen molar-refractivity contribution in [1.82, 2.24) is 0 Å². The van der Waals surface area contributed by atoms with Crippen LogP contribution in [0.4, 0.5) is 18.9 Å². The molecule has 0 bridgehead atoms. The average molecular weight is 809 g/mol. The van der Waals surface area contributed by atoms with Crippen LogP contribution in [0.15, 0.2) is 30.3 Å². The van der Waals surface area contributed by atoms with Gasteiger partial charge in [-0.05, 0) is 111 Å². The van der Waals surface area contributed by atoms with E-state index < -0.39 is 40.0 Å². The first-order valence-electron chi connectivity index (χ1n) is 8.38. The third-order valence-corrected chi connectivity index (χ3v) is 8.31. The van der Waals surface area contributed by atoms with Crippen LogP contribution in [0.2, 0.25) is 0 Å². The minimum Gasteiger partial charge on any atom is -0.448 e. The Morgan fingerprint density at radius 1 is 1.12 bits per heavy atom. The summed E-state index contributed by atoms with van der Waals surface area (Å²) in [5, 5.41) is 2.66. The Morgan fingerprint density at radius 2 is 1.75 bits per heavy atom. The largest absolute Gasteiger partial charge is 0.448 e. The van der Waals surface area contributed by atoms with Crippen molar-refractivity contribution >= 4 is 95.5 Å². The third-order valence-electron chi connectivity index (χ3n) is 3.92. The average Bonchev–Trinajstić information content (AvgIpc) is 2.62. The summed E-state index contributed by atoms with van der Waals surface area (Å²) < 4.78 is 76.1. The van der Waals surface area contributed by atoms with Gasteiger partial charge in [0.15, 0.2) is 0 Å². The number of carbonyl (C=O) groups is 2. The van der Waals surface area contributed by atoms with Crippen molar-refractivity contribution in [2.24, 2.45) is 0 Å². The molecule has 174 valence electrons. The van der Waals surface area contributed by atoms with Gasteiger partial charge in [0.05, 0.1) is 11.1 Å². The molecule has 14 heteroatoms. The Hall–Kier alpha value is -0.730. The van der Waals surface area contributed by atoms with Gasteiger partial charge < -0.3 is 10.1 Å². The van der Waals surface area contributed by atoms with Gasteiger partial charge >= 0.3 is 12.1 Å². The minimum absolute atomic E-state index is 0.187. The number of nitrogens with one attached hydrogen (secondary N) is 1. The zero-order chi connectivity index (χ0) is 24.4. The van der Waals surface area contributed by atoms with E-state index in [2.05, 4.69) is 55.2 Å². The van der Waals surface area contributed by atoms with E-state index in [0.717, 1.165) is 16.8 Å². The van der Waals surface area contributed by atoms with E-state index in [1.54, 1.807) is 6.07 Å². The van der Waals surface area contributed by atoms with E-state index in [1.807, 2.05) is 28.7 Å². The summed E-state index contributed by atoms with van der Waals surface area (Å²) in [6, 6.07) is 7.42. The number of aryl methyl sites for hydroxylation is 1. The fourth-order valence-electron chi connectivity index (χ4n) is 2.47. The lowest BCUT2D eigenvalue weighted by molar-refractivity contribution is -0.197. The Labute approximate surface area is 222 Å². The predicted molar refractivity (Wildman–Crippen MR) is 135 cm³/mol. The highest BCUT2D eigenvalue weighted by atomic mass is 127. The second kappa shape index (κ2) is 10.7. The molecule has 0 aliphatic heterocycles. The molecule has 1 atom stereocenters. The molecule has 0 fully saturated rings. The first-order chi connectivity index (χ1) is 14.6. The van der Waals surface area contributed by atoms with Gasteiger partial charge in [-0.3, -0.25) is 9.35 Å². The molecular formula is C18H13F3I3NO6S. The van der Waals surface area contributed by atoms with E-state index in [1.165, 1.54) is 19.1 Å². The number of hydrogen-bond donors (Lipinski definition) is 2. The summed E-state index contributed by atoms with van der Waals surface area (Å²) >= 11 is 6.22. The van der Waals surface area contributed by atoms with Crippen LogP contribution < -0.4 is 5.32 Å². The standard InChI is InChI=1S/C18H13F3I3NO6S/c1-8-4-10(25-16(26)12-5-9(22)6-13(23)15(12)24)2-3-11(8)17(27)31-14(18(19,20)21)7-32(28,29)30/h2-6,14H,7H2,1H3,(H,25,26)(H,28,29,30). The zero-order valence-corrected chi connectivity index (χ0v) is 23.1. The van der Waals surface area contributed by atoms with Crippen molar-refractivity contribution in [1.29, 1.82) is 0 Å². The monoisotopic (exact) mass is 809 g/mol. The van der Waals surface area contributed by atoms with Crippen molar-refractivity contribution < 1.29 is 40.5 Å². The lowest BCUT2D eigenvalue weighted by Gasteiger charge is -2.20. The van der Waals surface area contributed by atoms with Crippen LogP contribution in [0.25, 0.3) is 0 Å². The maximum absolute atomic E-state index is 13.0. The van der Waals surface area contributed by atoms with Crippen molar-refractivity contribution in [3.05, 3.63) is 57.7 Å². The number of alkyl halides is 3. The third kappa shape index (κ3) is 7.66. The number of halogens is 6. The first-order valence-corrected chi connectivity index (χ1v) is 13.2. The van der Waals surface area contributed by atoms with Gasteiger partial charge in [-0.25, -0.2) is 4.79 Å². The fourth-order valence-corrected chi connectivity index (χ4v) is 5.51. The summed E-state index contributed by atoms with van der Waals surface area (Å²) in [6.45, 7) is 1.41. The van der Waals surface area contributed by atoms with Crippen LogP contribution in [0.5, 0.6) is 0 Å². The number of carbonyl (C=O) groups excluding carboxylic acids is 2. The number of hydrogen-bond acceptors (Lipinski definition) is 5. The van der Waals surface area contributed by atoms with E-state index in [0.29, 0.717) is 11.3 Å². The molecule has 0 saturated carbocycles. The number of ether oxygens (including phenoxy) is 1. The van der Waals surface area contributed by atoms with Crippen LogP contribution >= 0.6 is 67.8 Å². The van der Waals surface area contributed by atoms with Gasteiger partial charge in [-0.1, -0.05) is 0 Å². The number of benzene rings is 2. The van der Waals surface area contributed by atoms with Crippen molar-refractivity contribution in [3.8, 4) is 0 Å². The lowest BCUT2D eigenvalue weighted by atomic mass is 10.1. The summed E-state index contributed by atoms with van der Waals surface area (Å²) in [7, 11) is -5.05. The van der Waals surface area contributed by atoms with Gasteiger partial charge in [0.1, 0.15) is 5.75 Å². The Bertz CT molecular complexity index is 1170. The quantitative estimate of drug-likeness (QED) is 0.184. The highest BCUT2D eigenvalue weighted by molar-refractivity contribution is 14.1. The van der Waals surface area contributed by atoms with Crippen LogP contribution in [0, 0.1) is 17.6 Å². The predicted octanol–water partition coefficient (Wildman–Crippen LogP) is 5.04. The second-order valence-electron chi connectivity index (χ2n) is 6.42. The Kier molecular flexibility index (Phi) is 9.19. The van der Waals surface area contributed by atoms with Gasteiger partial charge in [0, 0.05) is 16.4 Å². The van der Waals surface area contributed by atoms with Gasteiger partial charge in [-0.2, -0.15) is 21.6 Å². The molecule has 1 unspecified atom stereocenters. The molecule has 2 rings (SSSR count). The number of anilines is 1. The summed E-state index contributed by atoms with van der Waals surface area (Å²) in [6.07, 6.45) is -8.23. The smallest absolute Gasteiger partial charge is 0.426 e. The van der Waals surface area contributed by atoms with Gasteiger partial charge in [-0.15, -0.1) is 0 Å². The summed E-state index contributed by atoms with van der Waals surface area (Å²) in [5.41, 5.74) is 0.652. The molecule has 0 spiro atoms. The maximum Gasteiger partial charge on any atom is 0.426 e. The minimum atomic E-state index is -5.20. The molecule has 0 aromatic heterocycles. The molecule has 2 N–H and O–H groups in total. The molecule has 0 radical (unpaired) electrons. The first kappa shape index (κ1) is 27.5. The van der Waals surface area contributed by atoms with E-state index in [-0.39, 0.29) is 11.1 Å². The molecule has 1 amide bonds. The van der Waals surface area contributed by atoms with Crippen LogP contribution in [-0.4, -0.2) is 42.9 Å². The van der Waals surface area contributed by atoms with E-state index in [4.69, 9.17) is 4.55 Å². The van der Waals surface area contributed by atoms with Crippen molar-refractivity contribution in [3.63, 3.8) is 0 Å². The molecule has 2 aromatic rings. The van der Waals surface area contributed by atoms with Gasteiger partial charge in [0.2, 0.25) is 6.10 Å². The topological polar surface area (TPSA) is 110 Å². The van der Waals surface area contributed by atoms with Crippen LogP contribution in [0.1, 0.15) is 26.3 Å².